The summed E-state index contributed by atoms with van der Waals surface area (Å²) in [7, 11) is 0. The van der Waals surface area contributed by atoms with Crippen LogP contribution in [0.25, 0.3) is 0 Å². The molecule has 0 aliphatic heterocycles. The summed E-state index contributed by atoms with van der Waals surface area (Å²) in [6.07, 6.45) is 7.22. The van der Waals surface area contributed by atoms with Crippen molar-refractivity contribution in [1.29, 1.82) is 0 Å². The van der Waals surface area contributed by atoms with Crippen LogP contribution in [0.15, 0.2) is 18.2 Å². The summed E-state index contributed by atoms with van der Waals surface area (Å²) in [6, 6.07) is 5.00. The number of nitrogen functional groups attached to an aromatic ring is 1. The van der Waals surface area contributed by atoms with Gasteiger partial charge in [0.05, 0.1) is 17.5 Å². The molecule has 3 N–H and O–H groups in total. The van der Waals surface area contributed by atoms with Crippen molar-refractivity contribution in [1.82, 2.24) is 0 Å². The average Bonchev–Trinajstić information content (AvgIpc) is 2.69. The minimum Gasteiger partial charge on any atom is -0.397 e. The molecule has 1 aliphatic rings. The molecule has 1 aromatic rings. The number of rotatable bonds is 4. The molecule has 0 bridgehead atoms. The SMILES string of the molecule is Nc1ccc(Cl)cc1NC(=O)COC1CCCCCC1. The van der Waals surface area contributed by atoms with Crippen molar-refractivity contribution < 1.29 is 9.53 Å². The lowest BCUT2D eigenvalue weighted by Gasteiger charge is -2.15. The number of nitrogens with one attached hydrogen (secondary N) is 1. The number of ether oxygens (including phenoxy) is 1. The number of amides is 1. The molecule has 5 heteroatoms. The molecule has 1 amide bonds. The third kappa shape index (κ3) is 4.69. The topological polar surface area (TPSA) is 64.3 Å². The Labute approximate surface area is 124 Å². The molecule has 1 aliphatic carbocycles. The molecule has 1 saturated carbocycles. The number of hydrogen-bond acceptors (Lipinski definition) is 3. The van der Waals surface area contributed by atoms with Crippen LogP contribution in [0, 0.1) is 0 Å². The molecule has 110 valence electrons. The van der Waals surface area contributed by atoms with Gasteiger partial charge in [0.1, 0.15) is 6.61 Å². The van der Waals surface area contributed by atoms with Crippen molar-refractivity contribution in [3.05, 3.63) is 23.2 Å². The molecule has 2 rings (SSSR count). The van der Waals surface area contributed by atoms with Gasteiger partial charge >= 0.3 is 0 Å². The van der Waals surface area contributed by atoms with Crippen molar-refractivity contribution in [3.8, 4) is 0 Å². The van der Waals surface area contributed by atoms with E-state index in [9.17, 15) is 4.79 Å². The van der Waals surface area contributed by atoms with E-state index in [1.807, 2.05) is 0 Å². The molecule has 0 aromatic heterocycles. The zero-order valence-corrected chi connectivity index (χ0v) is 12.3. The Balaban J connectivity index is 1.81. The van der Waals surface area contributed by atoms with Crippen molar-refractivity contribution in [2.45, 2.75) is 44.6 Å². The number of carbonyl (C=O) groups excluding carboxylic acids is 1. The van der Waals surface area contributed by atoms with Crippen LogP contribution in [0.5, 0.6) is 0 Å². The molecule has 0 unspecified atom stereocenters. The molecule has 20 heavy (non-hydrogen) atoms. The molecule has 4 nitrogen and oxygen atoms in total. The van der Waals surface area contributed by atoms with Gasteiger partial charge < -0.3 is 15.8 Å². The summed E-state index contributed by atoms with van der Waals surface area (Å²) in [5.41, 5.74) is 6.81. The van der Waals surface area contributed by atoms with Crippen LogP contribution in [-0.4, -0.2) is 18.6 Å². The maximum absolute atomic E-state index is 11.9. The standard InChI is InChI=1S/C15H21ClN2O2/c16-11-7-8-13(17)14(9-11)18-15(19)10-20-12-5-3-1-2-4-6-12/h7-9,12H,1-6,10,17H2,(H,18,19). The number of nitrogens with two attached hydrogens (primary N) is 1. The van der Waals surface area contributed by atoms with Gasteiger partial charge in [0, 0.05) is 5.02 Å². The number of anilines is 2. The molecular weight excluding hydrogens is 276 g/mol. The van der Waals surface area contributed by atoms with E-state index in [1.54, 1.807) is 18.2 Å². The van der Waals surface area contributed by atoms with Crippen molar-refractivity contribution in [2.24, 2.45) is 0 Å². The molecular formula is C15H21ClN2O2. The van der Waals surface area contributed by atoms with Gasteiger partial charge in [0.2, 0.25) is 5.91 Å². The second-order valence-corrected chi connectivity index (χ2v) is 5.64. The van der Waals surface area contributed by atoms with E-state index >= 15 is 0 Å². The van der Waals surface area contributed by atoms with E-state index in [0.29, 0.717) is 16.4 Å². The van der Waals surface area contributed by atoms with Gasteiger partial charge in [-0.2, -0.15) is 0 Å². The first-order chi connectivity index (χ1) is 9.65. The molecule has 0 atom stereocenters. The Morgan fingerprint density at radius 3 is 2.70 bits per heavy atom. The van der Waals surface area contributed by atoms with E-state index in [-0.39, 0.29) is 18.6 Å². The van der Waals surface area contributed by atoms with Crippen LogP contribution in [-0.2, 0) is 9.53 Å². The maximum atomic E-state index is 11.9. The summed E-state index contributed by atoms with van der Waals surface area (Å²) >= 11 is 5.88. The Morgan fingerprint density at radius 2 is 2.00 bits per heavy atom. The summed E-state index contributed by atoms with van der Waals surface area (Å²) < 4.78 is 5.68. The molecule has 0 radical (unpaired) electrons. The van der Waals surface area contributed by atoms with Crippen molar-refractivity contribution in [2.75, 3.05) is 17.7 Å². The fourth-order valence-corrected chi connectivity index (χ4v) is 2.60. The summed E-state index contributed by atoms with van der Waals surface area (Å²) in [4.78, 5) is 11.9. The van der Waals surface area contributed by atoms with Crippen molar-refractivity contribution >= 4 is 28.9 Å². The van der Waals surface area contributed by atoms with Crippen molar-refractivity contribution in [3.63, 3.8) is 0 Å². The lowest BCUT2D eigenvalue weighted by molar-refractivity contribution is -0.122. The quantitative estimate of drug-likeness (QED) is 0.659. The first-order valence-electron chi connectivity index (χ1n) is 7.11. The minimum atomic E-state index is -0.191. The van der Waals surface area contributed by atoms with Gasteiger partial charge in [-0.25, -0.2) is 0 Å². The summed E-state index contributed by atoms with van der Waals surface area (Å²) in [5, 5.41) is 3.27. The molecule has 1 aromatic carbocycles. The van der Waals surface area contributed by atoms with E-state index in [1.165, 1.54) is 25.7 Å². The van der Waals surface area contributed by atoms with E-state index < -0.39 is 0 Å². The Morgan fingerprint density at radius 1 is 1.30 bits per heavy atom. The average molecular weight is 297 g/mol. The van der Waals surface area contributed by atoms with Crippen LogP contribution in [0.3, 0.4) is 0 Å². The zero-order valence-electron chi connectivity index (χ0n) is 11.5. The molecule has 0 heterocycles. The van der Waals surface area contributed by atoms with E-state index in [0.717, 1.165) is 12.8 Å². The second kappa shape index (κ2) is 7.50. The summed E-state index contributed by atoms with van der Waals surface area (Å²) in [6.45, 7) is 0.0661. The number of hydrogen-bond donors (Lipinski definition) is 2. The number of benzene rings is 1. The first-order valence-corrected chi connectivity index (χ1v) is 7.49. The lowest BCUT2D eigenvalue weighted by Crippen LogP contribution is -2.23. The first kappa shape index (κ1) is 15.1. The molecule has 0 spiro atoms. The van der Waals surface area contributed by atoms with Gasteiger partial charge in [-0.1, -0.05) is 37.3 Å². The third-order valence-corrected chi connectivity index (χ3v) is 3.78. The van der Waals surface area contributed by atoms with Gasteiger partial charge in [-0.3, -0.25) is 4.79 Å². The van der Waals surface area contributed by atoms with Crippen LogP contribution in [0.4, 0.5) is 11.4 Å². The van der Waals surface area contributed by atoms with Gasteiger partial charge in [-0.15, -0.1) is 0 Å². The summed E-state index contributed by atoms with van der Waals surface area (Å²) in [5.74, 6) is -0.191. The van der Waals surface area contributed by atoms with Crippen LogP contribution < -0.4 is 11.1 Å². The zero-order chi connectivity index (χ0) is 14.4. The third-order valence-electron chi connectivity index (χ3n) is 3.54. The highest BCUT2D eigenvalue weighted by Gasteiger charge is 2.14. The highest BCUT2D eigenvalue weighted by molar-refractivity contribution is 6.31. The van der Waals surface area contributed by atoms with Crippen LogP contribution >= 0.6 is 11.6 Å². The Hall–Kier alpha value is -1.26. The minimum absolute atomic E-state index is 0.0661. The highest BCUT2D eigenvalue weighted by atomic mass is 35.5. The van der Waals surface area contributed by atoms with Gasteiger partial charge in [0.15, 0.2) is 0 Å². The maximum Gasteiger partial charge on any atom is 0.250 e. The van der Waals surface area contributed by atoms with Gasteiger partial charge in [-0.05, 0) is 31.0 Å². The number of carbonyl (C=O) groups is 1. The molecule has 0 saturated heterocycles. The fourth-order valence-electron chi connectivity index (χ4n) is 2.43. The van der Waals surface area contributed by atoms with E-state index in [2.05, 4.69) is 5.32 Å². The lowest BCUT2D eigenvalue weighted by atomic mass is 10.1. The number of halogens is 1. The largest absolute Gasteiger partial charge is 0.397 e. The fraction of sp³-hybridized carbons (Fsp3) is 0.533. The molecule has 1 fully saturated rings. The monoisotopic (exact) mass is 296 g/mol. The normalized spacial score (nSPS) is 16.6. The Kier molecular flexibility index (Phi) is 5.68. The second-order valence-electron chi connectivity index (χ2n) is 5.20. The Bertz CT molecular complexity index is 457. The van der Waals surface area contributed by atoms with Gasteiger partial charge in [0.25, 0.3) is 0 Å². The predicted octanol–water partition coefficient (Wildman–Crippen LogP) is 3.60. The predicted molar refractivity (Wildman–Crippen MR) is 81.9 cm³/mol. The smallest absolute Gasteiger partial charge is 0.250 e. The highest BCUT2D eigenvalue weighted by Crippen LogP contribution is 2.23. The van der Waals surface area contributed by atoms with Crippen LogP contribution in [0.1, 0.15) is 38.5 Å². The van der Waals surface area contributed by atoms with Crippen LogP contribution in [0.2, 0.25) is 5.02 Å². The van der Waals surface area contributed by atoms with E-state index in [4.69, 9.17) is 22.1 Å².